The van der Waals surface area contributed by atoms with Gasteiger partial charge in [0.2, 0.25) is 0 Å². The Morgan fingerprint density at radius 2 is 2.14 bits per heavy atom. The number of nitrogens with zero attached hydrogens (tertiary/aromatic N) is 3. The Morgan fingerprint density at radius 1 is 1.29 bits per heavy atom. The first-order valence-corrected chi connectivity index (χ1v) is 7.89. The standard InChI is InChI=1S/C17H24N4/c1-2-20-10-3-4-17(20)13-19-12-15-5-7-16(8-6-15)21-11-9-18-14-21/h5-9,11,14,17,19H,2-4,10,12-13H2,1H3. The summed E-state index contributed by atoms with van der Waals surface area (Å²) < 4.78 is 2.02. The fourth-order valence-corrected chi connectivity index (χ4v) is 3.12. The molecule has 1 aromatic carbocycles. The van der Waals surface area contributed by atoms with Crippen molar-refractivity contribution in [2.45, 2.75) is 32.4 Å². The smallest absolute Gasteiger partial charge is 0.0991 e. The summed E-state index contributed by atoms with van der Waals surface area (Å²) in [5.74, 6) is 0. The fraction of sp³-hybridized carbons (Fsp3) is 0.471. The summed E-state index contributed by atoms with van der Waals surface area (Å²) in [7, 11) is 0. The van der Waals surface area contributed by atoms with Crippen LogP contribution in [0.2, 0.25) is 0 Å². The Bertz CT molecular complexity index is 532. The summed E-state index contributed by atoms with van der Waals surface area (Å²) in [6.45, 7) is 6.73. The first-order valence-electron chi connectivity index (χ1n) is 7.89. The van der Waals surface area contributed by atoms with E-state index in [-0.39, 0.29) is 0 Å². The largest absolute Gasteiger partial charge is 0.311 e. The monoisotopic (exact) mass is 284 g/mol. The lowest BCUT2D eigenvalue weighted by Gasteiger charge is -2.23. The molecule has 2 aromatic rings. The lowest BCUT2D eigenvalue weighted by molar-refractivity contribution is 0.260. The third kappa shape index (κ3) is 3.52. The van der Waals surface area contributed by atoms with E-state index in [0.717, 1.165) is 24.8 Å². The Hall–Kier alpha value is -1.65. The molecule has 1 unspecified atom stereocenters. The number of nitrogens with one attached hydrogen (secondary N) is 1. The zero-order valence-corrected chi connectivity index (χ0v) is 12.7. The zero-order chi connectivity index (χ0) is 14.5. The van der Waals surface area contributed by atoms with E-state index in [1.165, 1.54) is 31.5 Å². The van der Waals surface area contributed by atoms with Crippen LogP contribution in [0.5, 0.6) is 0 Å². The maximum atomic E-state index is 4.08. The van der Waals surface area contributed by atoms with Gasteiger partial charge in [-0.3, -0.25) is 4.90 Å². The van der Waals surface area contributed by atoms with Gasteiger partial charge in [0.25, 0.3) is 0 Å². The molecule has 1 fully saturated rings. The first-order chi connectivity index (χ1) is 10.4. The number of imidazole rings is 1. The van der Waals surface area contributed by atoms with Crippen LogP contribution >= 0.6 is 0 Å². The fourth-order valence-electron chi connectivity index (χ4n) is 3.12. The van der Waals surface area contributed by atoms with Gasteiger partial charge in [0.05, 0.1) is 6.33 Å². The van der Waals surface area contributed by atoms with Crippen molar-refractivity contribution in [3.05, 3.63) is 48.5 Å². The van der Waals surface area contributed by atoms with Crippen LogP contribution in [0.25, 0.3) is 5.69 Å². The highest BCUT2D eigenvalue weighted by molar-refractivity contribution is 5.34. The van der Waals surface area contributed by atoms with Gasteiger partial charge in [-0.25, -0.2) is 4.98 Å². The summed E-state index contributed by atoms with van der Waals surface area (Å²) in [6, 6.07) is 9.39. The second kappa shape index (κ2) is 6.87. The van der Waals surface area contributed by atoms with Crippen LogP contribution in [-0.4, -0.2) is 40.1 Å². The topological polar surface area (TPSA) is 33.1 Å². The van der Waals surface area contributed by atoms with E-state index in [4.69, 9.17) is 0 Å². The van der Waals surface area contributed by atoms with Crippen LogP contribution in [0.15, 0.2) is 43.0 Å². The van der Waals surface area contributed by atoms with Crippen LogP contribution in [0.3, 0.4) is 0 Å². The summed E-state index contributed by atoms with van der Waals surface area (Å²) >= 11 is 0. The molecule has 2 heterocycles. The molecule has 4 nitrogen and oxygen atoms in total. The molecule has 0 amide bonds. The van der Waals surface area contributed by atoms with Gasteiger partial charge in [0.1, 0.15) is 0 Å². The number of hydrogen-bond donors (Lipinski definition) is 1. The third-order valence-corrected chi connectivity index (χ3v) is 4.35. The summed E-state index contributed by atoms with van der Waals surface area (Å²) in [4.78, 5) is 6.65. The maximum Gasteiger partial charge on any atom is 0.0991 e. The van der Waals surface area contributed by atoms with Crippen molar-refractivity contribution in [3.63, 3.8) is 0 Å². The number of rotatable bonds is 6. The van der Waals surface area contributed by atoms with Crippen molar-refractivity contribution >= 4 is 0 Å². The average molecular weight is 284 g/mol. The highest BCUT2D eigenvalue weighted by Gasteiger charge is 2.21. The van der Waals surface area contributed by atoms with E-state index < -0.39 is 0 Å². The first kappa shape index (κ1) is 14.3. The highest BCUT2D eigenvalue weighted by Crippen LogP contribution is 2.16. The molecule has 1 aliphatic rings. The molecular weight excluding hydrogens is 260 g/mol. The molecule has 0 radical (unpaired) electrons. The minimum absolute atomic E-state index is 0.722. The van der Waals surface area contributed by atoms with Gasteiger partial charge >= 0.3 is 0 Å². The zero-order valence-electron chi connectivity index (χ0n) is 12.7. The predicted molar refractivity (Wildman–Crippen MR) is 85.5 cm³/mol. The molecular formula is C17H24N4. The molecule has 112 valence electrons. The van der Waals surface area contributed by atoms with Gasteiger partial charge in [0, 0.05) is 37.2 Å². The van der Waals surface area contributed by atoms with Crippen molar-refractivity contribution in [2.24, 2.45) is 0 Å². The molecule has 0 aliphatic carbocycles. The van der Waals surface area contributed by atoms with E-state index in [1.807, 2.05) is 17.1 Å². The quantitative estimate of drug-likeness (QED) is 0.884. The van der Waals surface area contributed by atoms with Crippen LogP contribution in [0, 0.1) is 0 Å². The summed E-state index contributed by atoms with van der Waals surface area (Å²) in [5.41, 5.74) is 2.49. The molecule has 0 bridgehead atoms. The second-order valence-corrected chi connectivity index (χ2v) is 5.69. The molecule has 21 heavy (non-hydrogen) atoms. The number of likely N-dealkylation sites (tertiary alicyclic amines) is 1. The normalized spacial score (nSPS) is 19.2. The molecule has 3 rings (SSSR count). The highest BCUT2D eigenvalue weighted by atomic mass is 15.2. The Balaban J connectivity index is 1.49. The van der Waals surface area contributed by atoms with Gasteiger partial charge in [-0.1, -0.05) is 19.1 Å². The minimum atomic E-state index is 0.722. The number of likely N-dealkylation sites (N-methyl/N-ethyl adjacent to an activating group) is 1. The van der Waals surface area contributed by atoms with Crippen LogP contribution in [0.4, 0.5) is 0 Å². The Labute approximate surface area is 126 Å². The van der Waals surface area contributed by atoms with Crippen LogP contribution < -0.4 is 5.32 Å². The lowest BCUT2D eigenvalue weighted by Crippen LogP contribution is -2.37. The van der Waals surface area contributed by atoms with E-state index in [1.54, 1.807) is 6.20 Å². The average Bonchev–Trinajstić information content (AvgIpc) is 3.19. The van der Waals surface area contributed by atoms with Crippen molar-refractivity contribution in [1.29, 1.82) is 0 Å². The Morgan fingerprint density at radius 3 is 2.86 bits per heavy atom. The number of aromatic nitrogens is 2. The van der Waals surface area contributed by atoms with Gasteiger partial charge in [0.15, 0.2) is 0 Å². The third-order valence-electron chi connectivity index (χ3n) is 4.35. The molecule has 1 saturated heterocycles. The molecule has 1 N–H and O–H groups in total. The molecule has 4 heteroatoms. The van der Waals surface area contributed by atoms with E-state index in [2.05, 4.69) is 46.4 Å². The molecule has 1 aliphatic heterocycles. The van der Waals surface area contributed by atoms with Crippen molar-refractivity contribution in [2.75, 3.05) is 19.6 Å². The second-order valence-electron chi connectivity index (χ2n) is 5.69. The van der Waals surface area contributed by atoms with E-state index in [0.29, 0.717) is 0 Å². The molecule has 1 aromatic heterocycles. The van der Waals surface area contributed by atoms with E-state index >= 15 is 0 Å². The molecule has 1 atom stereocenters. The van der Waals surface area contributed by atoms with Crippen molar-refractivity contribution < 1.29 is 0 Å². The van der Waals surface area contributed by atoms with Crippen molar-refractivity contribution in [3.8, 4) is 5.69 Å². The van der Waals surface area contributed by atoms with Crippen LogP contribution in [-0.2, 0) is 6.54 Å². The number of benzene rings is 1. The van der Waals surface area contributed by atoms with Gasteiger partial charge in [-0.05, 0) is 43.6 Å². The number of hydrogen-bond acceptors (Lipinski definition) is 3. The van der Waals surface area contributed by atoms with Crippen molar-refractivity contribution in [1.82, 2.24) is 19.8 Å². The molecule has 0 saturated carbocycles. The van der Waals surface area contributed by atoms with Gasteiger partial charge in [-0.15, -0.1) is 0 Å². The van der Waals surface area contributed by atoms with Gasteiger partial charge < -0.3 is 9.88 Å². The molecule has 0 spiro atoms. The lowest BCUT2D eigenvalue weighted by atomic mass is 10.2. The summed E-state index contributed by atoms with van der Waals surface area (Å²) in [6.07, 6.45) is 8.27. The predicted octanol–water partition coefficient (Wildman–Crippen LogP) is 2.45. The Kier molecular flexibility index (Phi) is 4.68. The summed E-state index contributed by atoms with van der Waals surface area (Å²) in [5, 5.41) is 3.60. The van der Waals surface area contributed by atoms with Crippen LogP contribution in [0.1, 0.15) is 25.3 Å². The maximum absolute atomic E-state index is 4.08. The van der Waals surface area contributed by atoms with E-state index in [9.17, 15) is 0 Å². The van der Waals surface area contributed by atoms with Gasteiger partial charge in [-0.2, -0.15) is 0 Å². The minimum Gasteiger partial charge on any atom is -0.311 e. The SMILES string of the molecule is CCN1CCCC1CNCc1ccc(-n2ccnc2)cc1.